The number of rotatable bonds is 2. The van der Waals surface area contributed by atoms with Crippen molar-refractivity contribution in [1.82, 2.24) is 0 Å². The maximum absolute atomic E-state index is 9.03. The van der Waals surface area contributed by atoms with E-state index in [-0.39, 0.29) is 25.2 Å². The van der Waals surface area contributed by atoms with Crippen molar-refractivity contribution >= 4 is 0 Å². The van der Waals surface area contributed by atoms with Crippen molar-refractivity contribution in [2.75, 3.05) is 13.2 Å². The number of aliphatic hydroxyl groups is 3. The van der Waals surface area contributed by atoms with Crippen LogP contribution in [0.5, 0.6) is 0 Å². The summed E-state index contributed by atoms with van der Waals surface area (Å²) in [6, 6.07) is 0. The van der Waals surface area contributed by atoms with Crippen molar-refractivity contribution in [1.29, 1.82) is 0 Å². The van der Waals surface area contributed by atoms with Crippen LogP contribution in [0.25, 0.3) is 0 Å². The molecule has 0 aromatic heterocycles. The number of aliphatic hydroxyl groups excluding tert-OH is 3. The quantitative estimate of drug-likeness (QED) is 0.632. The Morgan fingerprint density at radius 2 is 1.50 bits per heavy atom. The second kappa shape index (κ2) is 8.21. The molecule has 0 aliphatic heterocycles. The lowest BCUT2D eigenvalue weighted by molar-refractivity contribution is 0.112. The summed E-state index contributed by atoms with van der Waals surface area (Å²) in [5, 5.41) is 25.4. The molecule has 0 radical (unpaired) electrons. The second-order valence-corrected chi connectivity index (χ2v) is 4.38. The zero-order chi connectivity index (χ0) is 11.0. The summed E-state index contributed by atoms with van der Waals surface area (Å²) in [6.45, 7) is 4.19. The van der Waals surface area contributed by atoms with Crippen molar-refractivity contribution < 1.29 is 15.3 Å². The molecule has 3 nitrogen and oxygen atoms in total. The van der Waals surface area contributed by atoms with Gasteiger partial charge in [-0.25, -0.2) is 0 Å². The van der Waals surface area contributed by atoms with Crippen LogP contribution >= 0.6 is 0 Å². The van der Waals surface area contributed by atoms with Crippen LogP contribution in [-0.2, 0) is 0 Å². The first-order chi connectivity index (χ1) is 6.60. The molecule has 1 aliphatic carbocycles. The van der Waals surface area contributed by atoms with E-state index in [2.05, 4.69) is 6.92 Å². The Bertz CT molecular complexity index is 106. The molecular formula is C11H24O3. The third-order valence-corrected chi connectivity index (χ3v) is 2.61. The van der Waals surface area contributed by atoms with Gasteiger partial charge in [-0.05, 0) is 31.6 Å². The van der Waals surface area contributed by atoms with Crippen molar-refractivity contribution in [2.45, 2.75) is 45.6 Å². The van der Waals surface area contributed by atoms with Gasteiger partial charge in [0.25, 0.3) is 0 Å². The molecule has 0 unspecified atom stereocenters. The monoisotopic (exact) mass is 204 g/mol. The largest absolute Gasteiger partial charge is 0.396 e. The molecule has 0 aromatic rings. The average Bonchev–Trinajstić information content (AvgIpc) is 2.22. The van der Waals surface area contributed by atoms with Crippen LogP contribution in [0.15, 0.2) is 0 Å². The predicted molar refractivity (Wildman–Crippen MR) is 57.0 cm³/mol. The molecule has 0 spiro atoms. The first kappa shape index (κ1) is 13.9. The van der Waals surface area contributed by atoms with Gasteiger partial charge in [-0.1, -0.05) is 13.8 Å². The van der Waals surface area contributed by atoms with E-state index in [4.69, 9.17) is 15.3 Å². The number of hydrogen-bond acceptors (Lipinski definition) is 3. The minimum Gasteiger partial charge on any atom is -0.396 e. The Hall–Kier alpha value is -0.120. The highest BCUT2D eigenvalue weighted by atomic mass is 16.3. The van der Waals surface area contributed by atoms with Gasteiger partial charge in [0.15, 0.2) is 0 Å². The summed E-state index contributed by atoms with van der Waals surface area (Å²) < 4.78 is 0. The van der Waals surface area contributed by atoms with Crippen LogP contribution in [0, 0.1) is 11.8 Å². The van der Waals surface area contributed by atoms with Gasteiger partial charge < -0.3 is 15.3 Å². The molecular weight excluding hydrogens is 180 g/mol. The van der Waals surface area contributed by atoms with E-state index in [0.717, 1.165) is 18.8 Å². The van der Waals surface area contributed by atoms with E-state index in [9.17, 15) is 0 Å². The molecule has 0 aromatic carbocycles. The molecule has 0 heterocycles. The normalized spacial score (nSPS) is 27.0. The van der Waals surface area contributed by atoms with Crippen molar-refractivity contribution in [3.8, 4) is 0 Å². The molecule has 1 fully saturated rings. The topological polar surface area (TPSA) is 60.7 Å². The van der Waals surface area contributed by atoms with Crippen LogP contribution in [0.2, 0.25) is 0 Å². The summed E-state index contributed by atoms with van der Waals surface area (Å²) in [7, 11) is 0. The molecule has 3 N–H and O–H groups in total. The third kappa shape index (κ3) is 7.30. The highest BCUT2D eigenvalue weighted by molar-refractivity contribution is 4.67. The first-order valence-electron chi connectivity index (χ1n) is 5.49. The van der Waals surface area contributed by atoms with E-state index < -0.39 is 0 Å². The summed E-state index contributed by atoms with van der Waals surface area (Å²) in [5.41, 5.74) is 0. The van der Waals surface area contributed by atoms with Crippen LogP contribution in [0.3, 0.4) is 0 Å². The third-order valence-electron chi connectivity index (χ3n) is 2.61. The van der Waals surface area contributed by atoms with Gasteiger partial charge in [-0.2, -0.15) is 0 Å². The molecule has 0 bridgehead atoms. The first-order valence-corrected chi connectivity index (χ1v) is 5.49. The molecule has 1 aliphatic rings. The van der Waals surface area contributed by atoms with Gasteiger partial charge in [0.05, 0.1) is 6.10 Å². The van der Waals surface area contributed by atoms with Gasteiger partial charge >= 0.3 is 0 Å². The van der Waals surface area contributed by atoms with Gasteiger partial charge in [0, 0.05) is 19.1 Å². The van der Waals surface area contributed by atoms with E-state index in [1.807, 2.05) is 0 Å². The molecule has 86 valence electrons. The maximum Gasteiger partial charge on any atom is 0.0540 e. The van der Waals surface area contributed by atoms with Crippen LogP contribution in [-0.4, -0.2) is 34.6 Å². The molecule has 0 saturated heterocycles. The summed E-state index contributed by atoms with van der Waals surface area (Å²) >= 11 is 0. The highest BCUT2D eigenvalue weighted by Crippen LogP contribution is 2.22. The Kier molecular flexibility index (Phi) is 8.14. The standard InChI is InChI=1S/C7H14O.C4H10O2/c1-6-2-4-7(8)5-3-6;1-4(2-5)3-6/h6-8H,2-5H2,1H3;4-6H,2-3H2,1H3. The summed E-state index contributed by atoms with van der Waals surface area (Å²) in [6.07, 6.45) is 4.52. The molecule has 1 saturated carbocycles. The Balaban J connectivity index is 0.000000255. The lowest BCUT2D eigenvalue weighted by Gasteiger charge is -2.21. The molecule has 1 rings (SSSR count). The van der Waals surface area contributed by atoms with Gasteiger partial charge in [-0.3, -0.25) is 0 Å². The molecule has 0 atom stereocenters. The Morgan fingerprint density at radius 1 is 1.07 bits per heavy atom. The number of hydrogen-bond donors (Lipinski definition) is 3. The smallest absolute Gasteiger partial charge is 0.0540 e. The minimum atomic E-state index is 0.0196. The Morgan fingerprint density at radius 3 is 1.71 bits per heavy atom. The highest BCUT2D eigenvalue weighted by Gasteiger charge is 2.14. The van der Waals surface area contributed by atoms with E-state index in [1.54, 1.807) is 6.92 Å². The van der Waals surface area contributed by atoms with Gasteiger partial charge in [0.2, 0.25) is 0 Å². The van der Waals surface area contributed by atoms with E-state index >= 15 is 0 Å². The lowest BCUT2D eigenvalue weighted by Crippen LogP contribution is -2.15. The fourth-order valence-electron chi connectivity index (χ4n) is 1.30. The van der Waals surface area contributed by atoms with Crippen molar-refractivity contribution in [3.05, 3.63) is 0 Å². The zero-order valence-electron chi connectivity index (χ0n) is 9.32. The molecule has 3 heteroatoms. The van der Waals surface area contributed by atoms with Gasteiger partial charge in [0.1, 0.15) is 0 Å². The van der Waals surface area contributed by atoms with Crippen LogP contribution < -0.4 is 0 Å². The maximum atomic E-state index is 9.03. The van der Waals surface area contributed by atoms with E-state index in [0.29, 0.717) is 0 Å². The Labute approximate surface area is 86.8 Å². The SMILES string of the molecule is CC(CO)CO.CC1CCC(O)CC1. The van der Waals surface area contributed by atoms with Crippen LogP contribution in [0.1, 0.15) is 39.5 Å². The fraction of sp³-hybridized carbons (Fsp3) is 1.00. The molecule has 0 amide bonds. The minimum absolute atomic E-state index is 0.0196. The van der Waals surface area contributed by atoms with E-state index in [1.165, 1.54) is 12.8 Å². The predicted octanol–water partition coefficient (Wildman–Crippen LogP) is 1.16. The lowest BCUT2D eigenvalue weighted by atomic mass is 9.89. The fourth-order valence-corrected chi connectivity index (χ4v) is 1.30. The average molecular weight is 204 g/mol. The zero-order valence-corrected chi connectivity index (χ0v) is 9.32. The molecule has 14 heavy (non-hydrogen) atoms. The van der Waals surface area contributed by atoms with Gasteiger partial charge in [-0.15, -0.1) is 0 Å². The second-order valence-electron chi connectivity index (χ2n) is 4.38. The summed E-state index contributed by atoms with van der Waals surface area (Å²) in [4.78, 5) is 0. The van der Waals surface area contributed by atoms with Crippen molar-refractivity contribution in [2.24, 2.45) is 11.8 Å². The van der Waals surface area contributed by atoms with Crippen molar-refractivity contribution in [3.63, 3.8) is 0 Å². The van der Waals surface area contributed by atoms with Crippen LogP contribution in [0.4, 0.5) is 0 Å². The summed E-state index contributed by atoms with van der Waals surface area (Å²) in [5.74, 6) is 0.906.